The fourth-order valence-electron chi connectivity index (χ4n) is 3.04. The summed E-state index contributed by atoms with van der Waals surface area (Å²) in [7, 11) is 0. The number of hydrogen-bond donors (Lipinski definition) is 0. The molecular weight excluding hydrogens is 386 g/mol. The van der Waals surface area contributed by atoms with Crippen LogP contribution in [-0.2, 0) is 13.0 Å². The van der Waals surface area contributed by atoms with E-state index in [1.807, 2.05) is 4.57 Å². The number of halogens is 1. The van der Waals surface area contributed by atoms with E-state index in [0.29, 0.717) is 35.0 Å². The zero-order chi connectivity index (χ0) is 17.4. The molecule has 9 heteroatoms. The third-order valence-electron chi connectivity index (χ3n) is 4.23. The van der Waals surface area contributed by atoms with Crippen LogP contribution in [0.25, 0.3) is 17.2 Å². The normalized spacial score (nSPS) is 13.3. The van der Waals surface area contributed by atoms with E-state index in [-0.39, 0.29) is 5.56 Å². The smallest absolute Gasteiger partial charge is 0.266 e. The van der Waals surface area contributed by atoms with Crippen molar-refractivity contribution in [1.82, 2.24) is 29.1 Å². The molecule has 0 spiro atoms. The summed E-state index contributed by atoms with van der Waals surface area (Å²) < 4.78 is 4.29. The molecule has 1 aliphatic rings. The van der Waals surface area contributed by atoms with E-state index >= 15 is 0 Å². The van der Waals surface area contributed by atoms with Crippen LogP contribution in [0.4, 0.5) is 5.82 Å². The average molecular weight is 402 g/mol. The van der Waals surface area contributed by atoms with Crippen LogP contribution in [0.5, 0.6) is 0 Å². The second kappa shape index (κ2) is 6.47. The highest BCUT2D eigenvalue weighted by atomic mass is 79.9. The van der Waals surface area contributed by atoms with Crippen molar-refractivity contribution < 1.29 is 0 Å². The van der Waals surface area contributed by atoms with Crippen LogP contribution in [0.3, 0.4) is 0 Å². The van der Waals surface area contributed by atoms with Gasteiger partial charge in [-0.15, -0.1) is 10.2 Å². The molecular formula is C16H16BrN7O. The van der Waals surface area contributed by atoms with Gasteiger partial charge >= 0.3 is 0 Å². The summed E-state index contributed by atoms with van der Waals surface area (Å²) in [5.41, 5.74) is 1.18. The maximum atomic E-state index is 13.0. The first kappa shape index (κ1) is 16.1. The number of aliphatic imine (C=N–C) groups is 1. The third kappa shape index (κ3) is 2.68. The Kier molecular flexibility index (Phi) is 4.16. The molecule has 1 aliphatic heterocycles. The van der Waals surface area contributed by atoms with E-state index < -0.39 is 0 Å². The van der Waals surface area contributed by atoms with Crippen LogP contribution in [-0.4, -0.2) is 33.8 Å². The number of aryl methyl sites for hydroxylation is 1. The minimum absolute atomic E-state index is 0.140. The molecule has 0 aromatic carbocycles. The van der Waals surface area contributed by atoms with Crippen molar-refractivity contribution >= 4 is 32.1 Å². The van der Waals surface area contributed by atoms with Gasteiger partial charge in [0.2, 0.25) is 5.78 Å². The molecule has 4 heterocycles. The fourth-order valence-corrected chi connectivity index (χ4v) is 3.48. The third-order valence-corrected chi connectivity index (χ3v) is 4.69. The molecule has 128 valence electrons. The molecule has 3 aromatic rings. The lowest BCUT2D eigenvalue weighted by atomic mass is 10.2. The molecule has 8 nitrogen and oxygen atoms in total. The van der Waals surface area contributed by atoms with E-state index in [1.54, 1.807) is 16.8 Å². The van der Waals surface area contributed by atoms with Crippen molar-refractivity contribution in [3.05, 3.63) is 34.6 Å². The Morgan fingerprint density at radius 3 is 2.76 bits per heavy atom. The molecule has 0 N–H and O–H groups in total. The highest BCUT2D eigenvalue weighted by Gasteiger charge is 2.25. The van der Waals surface area contributed by atoms with Gasteiger partial charge in [-0.3, -0.25) is 9.36 Å². The molecule has 25 heavy (non-hydrogen) atoms. The average Bonchev–Trinajstić information content (AvgIpc) is 3.23. The van der Waals surface area contributed by atoms with Crippen LogP contribution in [0.1, 0.15) is 31.7 Å². The molecule has 0 radical (unpaired) electrons. The van der Waals surface area contributed by atoms with E-state index in [2.05, 4.69) is 48.0 Å². The summed E-state index contributed by atoms with van der Waals surface area (Å²) >= 11 is 3.43. The Bertz CT molecular complexity index is 1020. The lowest BCUT2D eigenvalue weighted by Crippen LogP contribution is -2.23. The van der Waals surface area contributed by atoms with E-state index in [0.717, 1.165) is 30.4 Å². The van der Waals surface area contributed by atoms with Crippen molar-refractivity contribution in [1.29, 1.82) is 0 Å². The van der Waals surface area contributed by atoms with Crippen LogP contribution in [0.2, 0.25) is 0 Å². The molecule has 0 atom stereocenters. The number of hydrogen-bond acceptors (Lipinski definition) is 6. The summed E-state index contributed by atoms with van der Waals surface area (Å²) in [5.74, 6) is 1.64. The zero-order valence-electron chi connectivity index (χ0n) is 13.7. The Morgan fingerprint density at radius 2 is 2.00 bits per heavy atom. The Hall–Kier alpha value is -2.42. The standard InChI is InChI=1S/C16H16BrN7O/c1-2-3-4-5-23-14-11(6-12(17)20-14)15(25)24-13(21-22-16(23)24)10-7-18-9-19-8-10/h7-9H,2-6H2,1H3. The van der Waals surface area contributed by atoms with Gasteiger partial charge in [0.15, 0.2) is 5.82 Å². The second-order valence-corrected chi connectivity index (χ2v) is 6.83. The lowest BCUT2D eigenvalue weighted by Gasteiger charge is -2.12. The molecule has 0 aliphatic carbocycles. The van der Waals surface area contributed by atoms with Gasteiger partial charge in [-0.05, 0) is 22.4 Å². The first-order valence-electron chi connectivity index (χ1n) is 8.20. The number of fused-ring (bicyclic) bond motifs is 2. The first-order chi connectivity index (χ1) is 12.2. The maximum Gasteiger partial charge on any atom is 0.266 e. The molecule has 0 saturated carbocycles. The monoisotopic (exact) mass is 401 g/mol. The SMILES string of the molecule is CCCCCn1c2c(c(=O)n3c(-c4cncnc4)nnc13)CC(Br)=N2. The Morgan fingerprint density at radius 1 is 1.20 bits per heavy atom. The topological polar surface area (TPSA) is 90.3 Å². The quantitative estimate of drug-likeness (QED) is 0.612. The minimum atomic E-state index is -0.140. The molecule has 0 bridgehead atoms. The van der Waals surface area contributed by atoms with Crippen LogP contribution < -0.4 is 5.56 Å². The summed E-state index contributed by atoms with van der Waals surface area (Å²) in [4.78, 5) is 25.6. The zero-order valence-corrected chi connectivity index (χ0v) is 15.3. The predicted octanol–water partition coefficient (Wildman–Crippen LogP) is 2.52. The van der Waals surface area contributed by atoms with Gasteiger partial charge in [0.25, 0.3) is 5.56 Å². The summed E-state index contributed by atoms with van der Waals surface area (Å²) in [5, 5.41) is 8.50. The summed E-state index contributed by atoms with van der Waals surface area (Å²) in [6.45, 7) is 2.90. The number of rotatable bonds is 5. The number of aromatic nitrogens is 6. The second-order valence-electron chi connectivity index (χ2n) is 5.92. The maximum absolute atomic E-state index is 13.0. The van der Waals surface area contributed by atoms with Gasteiger partial charge in [0, 0.05) is 25.4 Å². The molecule has 0 fully saturated rings. The van der Waals surface area contributed by atoms with Crippen molar-refractivity contribution in [2.24, 2.45) is 4.99 Å². The van der Waals surface area contributed by atoms with E-state index in [4.69, 9.17) is 0 Å². The van der Waals surface area contributed by atoms with E-state index in [9.17, 15) is 4.79 Å². The van der Waals surface area contributed by atoms with E-state index in [1.165, 1.54) is 6.33 Å². The van der Waals surface area contributed by atoms with Crippen LogP contribution in [0.15, 0.2) is 28.5 Å². The fraction of sp³-hybridized carbons (Fsp3) is 0.375. The number of unbranched alkanes of at least 4 members (excludes halogenated alkanes) is 2. The highest BCUT2D eigenvalue weighted by Crippen LogP contribution is 2.29. The largest absolute Gasteiger partial charge is 0.294 e. The minimum Gasteiger partial charge on any atom is -0.294 e. The predicted molar refractivity (Wildman–Crippen MR) is 97.5 cm³/mol. The lowest BCUT2D eigenvalue weighted by molar-refractivity contribution is 0.603. The first-order valence-corrected chi connectivity index (χ1v) is 8.99. The van der Waals surface area contributed by atoms with Gasteiger partial charge in [-0.25, -0.2) is 19.4 Å². The molecule has 0 amide bonds. The van der Waals surface area contributed by atoms with Crippen molar-refractivity contribution in [2.45, 2.75) is 39.2 Å². The van der Waals surface area contributed by atoms with Crippen LogP contribution >= 0.6 is 15.9 Å². The van der Waals surface area contributed by atoms with Gasteiger partial charge in [0.05, 0.1) is 15.7 Å². The van der Waals surface area contributed by atoms with Crippen molar-refractivity contribution in [3.8, 4) is 11.4 Å². The van der Waals surface area contributed by atoms with Crippen LogP contribution in [0, 0.1) is 0 Å². The van der Waals surface area contributed by atoms with Gasteiger partial charge in [-0.2, -0.15) is 0 Å². The van der Waals surface area contributed by atoms with Gasteiger partial charge in [0.1, 0.15) is 12.1 Å². The van der Waals surface area contributed by atoms with Crippen molar-refractivity contribution in [3.63, 3.8) is 0 Å². The molecule has 0 unspecified atom stereocenters. The molecule has 0 saturated heterocycles. The summed E-state index contributed by atoms with van der Waals surface area (Å²) in [6.07, 6.45) is 8.40. The van der Waals surface area contributed by atoms with Crippen molar-refractivity contribution in [2.75, 3.05) is 0 Å². The Labute approximate surface area is 151 Å². The number of nitrogens with zero attached hydrogens (tertiary/aromatic N) is 7. The summed E-state index contributed by atoms with van der Waals surface area (Å²) in [6, 6.07) is 0. The highest BCUT2D eigenvalue weighted by molar-refractivity contribution is 9.18. The van der Waals surface area contributed by atoms with Gasteiger partial charge < -0.3 is 0 Å². The van der Waals surface area contributed by atoms with Gasteiger partial charge in [-0.1, -0.05) is 19.8 Å². The molecule has 4 rings (SSSR count). The molecule has 3 aromatic heterocycles. The Balaban J connectivity index is 1.96.